The molecule has 1 saturated heterocycles. The molecule has 5 N–H and O–H groups in total. The molecule has 26 heavy (non-hydrogen) atoms. The van der Waals surface area contributed by atoms with Crippen LogP contribution in [0, 0.1) is 59.2 Å². The second-order valence-corrected chi connectivity index (χ2v) is 4.90. The van der Waals surface area contributed by atoms with Gasteiger partial charge in [0.25, 0.3) is 0 Å². The van der Waals surface area contributed by atoms with Crippen LogP contribution in [0.25, 0.3) is 0 Å². The summed E-state index contributed by atoms with van der Waals surface area (Å²) in [6.07, 6.45) is -8.22. The molecule has 1 rings (SSSR count). The van der Waals surface area contributed by atoms with Gasteiger partial charge in [-0.1, -0.05) is 11.8 Å². The first-order valence-electron chi connectivity index (χ1n) is 7.54. The van der Waals surface area contributed by atoms with Gasteiger partial charge in [-0.2, -0.15) is 0 Å². The highest BCUT2D eigenvalue weighted by atomic mass is 16.7. The predicted molar refractivity (Wildman–Crippen MR) is 90.3 cm³/mol. The maximum absolute atomic E-state index is 9.86. The lowest BCUT2D eigenvalue weighted by atomic mass is 9.99. The first kappa shape index (κ1) is 21.6. The third kappa shape index (κ3) is 6.79. The van der Waals surface area contributed by atoms with Crippen molar-refractivity contribution in [2.75, 3.05) is 13.2 Å². The van der Waals surface area contributed by atoms with E-state index in [1.807, 2.05) is 0 Å². The van der Waals surface area contributed by atoms with E-state index in [1.54, 1.807) is 6.92 Å². The van der Waals surface area contributed by atoms with Gasteiger partial charge in [-0.05, 0) is 54.3 Å². The zero-order valence-electron chi connectivity index (χ0n) is 13.9. The van der Waals surface area contributed by atoms with E-state index in [4.69, 9.17) is 14.6 Å². The Morgan fingerprint density at radius 1 is 0.846 bits per heavy atom. The zero-order valence-corrected chi connectivity index (χ0v) is 13.9. The Kier molecular flexibility index (Phi) is 9.93. The van der Waals surface area contributed by atoms with E-state index in [0.717, 1.165) is 0 Å². The Labute approximate surface area is 151 Å². The summed E-state index contributed by atoms with van der Waals surface area (Å²) in [6.45, 7) is 0.537. The number of aliphatic hydroxyl groups is 5. The SMILES string of the molecule is CC#CC#CC#CC#CC#C[C@H](CO)O[C@@H]1O[C@H](CO)[C@@H](O)[C@H](O)[C@H]1O. The van der Waals surface area contributed by atoms with Gasteiger partial charge in [-0.25, -0.2) is 0 Å². The fourth-order valence-corrected chi connectivity index (χ4v) is 1.83. The summed E-state index contributed by atoms with van der Waals surface area (Å²) in [4.78, 5) is 0. The van der Waals surface area contributed by atoms with E-state index in [0.29, 0.717) is 0 Å². The normalized spacial score (nSPS) is 27.4. The van der Waals surface area contributed by atoms with Gasteiger partial charge < -0.3 is 35.0 Å². The Morgan fingerprint density at radius 2 is 1.42 bits per heavy atom. The third-order valence-corrected chi connectivity index (χ3v) is 3.11. The second kappa shape index (κ2) is 12.0. The average Bonchev–Trinajstić information content (AvgIpc) is 2.65. The van der Waals surface area contributed by atoms with E-state index in [1.165, 1.54) is 0 Å². The lowest BCUT2D eigenvalue weighted by Gasteiger charge is -2.40. The molecule has 1 aliphatic rings. The molecular formula is C19H18O7. The quantitative estimate of drug-likeness (QED) is 0.345. The van der Waals surface area contributed by atoms with Gasteiger partial charge in [-0.3, -0.25) is 0 Å². The monoisotopic (exact) mass is 358 g/mol. The molecule has 0 amide bonds. The van der Waals surface area contributed by atoms with Crippen LogP contribution in [0.2, 0.25) is 0 Å². The highest BCUT2D eigenvalue weighted by Gasteiger charge is 2.44. The molecule has 1 aliphatic heterocycles. The van der Waals surface area contributed by atoms with Crippen molar-refractivity contribution in [2.45, 2.75) is 43.7 Å². The van der Waals surface area contributed by atoms with E-state index in [9.17, 15) is 20.4 Å². The molecule has 0 aromatic rings. The molecule has 0 aromatic carbocycles. The van der Waals surface area contributed by atoms with Crippen molar-refractivity contribution in [3.63, 3.8) is 0 Å². The molecule has 7 heteroatoms. The van der Waals surface area contributed by atoms with Crippen LogP contribution in [0.15, 0.2) is 0 Å². The molecule has 1 fully saturated rings. The highest BCUT2D eigenvalue weighted by Crippen LogP contribution is 2.22. The molecule has 6 atom stereocenters. The molecule has 0 bridgehead atoms. The van der Waals surface area contributed by atoms with Gasteiger partial charge in [0.05, 0.1) is 13.2 Å². The lowest BCUT2D eigenvalue weighted by Crippen LogP contribution is -2.59. The predicted octanol–water partition coefficient (Wildman–Crippen LogP) is -2.80. The van der Waals surface area contributed by atoms with Crippen LogP contribution in [0.1, 0.15) is 6.92 Å². The summed E-state index contributed by atoms with van der Waals surface area (Å²) >= 11 is 0. The average molecular weight is 358 g/mol. The lowest BCUT2D eigenvalue weighted by molar-refractivity contribution is -0.308. The van der Waals surface area contributed by atoms with Gasteiger partial charge in [0.15, 0.2) is 6.29 Å². The molecule has 0 unspecified atom stereocenters. The number of ether oxygens (including phenoxy) is 2. The van der Waals surface area contributed by atoms with Gasteiger partial charge in [-0.15, -0.1) is 0 Å². The van der Waals surface area contributed by atoms with E-state index in [2.05, 4.69) is 59.2 Å². The van der Waals surface area contributed by atoms with Crippen LogP contribution in [0.5, 0.6) is 0 Å². The molecular weight excluding hydrogens is 340 g/mol. The van der Waals surface area contributed by atoms with Crippen molar-refractivity contribution in [3.8, 4) is 59.2 Å². The van der Waals surface area contributed by atoms with Crippen molar-refractivity contribution < 1.29 is 35.0 Å². The fraction of sp³-hybridized carbons (Fsp3) is 0.474. The van der Waals surface area contributed by atoms with Crippen molar-refractivity contribution in [3.05, 3.63) is 0 Å². The molecule has 7 nitrogen and oxygen atoms in total. The van der Waals surface area contributed by atoms with E-state index < -0.39 is 50.0 Å². The number of hydrogen-bond donors (Lipinski definition) is 5. The van der Waals surface area contributed by atoms with Gasteiger partial charge in [0.2, 0.25) is 0 Å². The minimum atomic E-state index is -1.58. The number of aliphatic hydroxyl groups excluding tert-OH is 5. The van der Waals surface area contributed by atoms with Crippen molar-refractivity contribution >= 4 is 0 Å². The summed E-state index contributed by atoms with van der Waals surface area (Å²) < 4.78 is 10.4. The van der Waals surface area contributed by atoms with E-state index in [-0.39, 0.29) is 0 Å². The molecule has 0 saturated carbocycles. The summed E-state index contributed by atoms with van der Waals surface area (Å²) in [6, 6.07) is 0. The fourth-order valence-electron chi connectivity index (χ4n) is 1.83. The zero-order chi connectivity index (χ0) is 19.4. The maximum Gasteiger partial charge on any atom is 0.188 e. The van der Waals surface area contributed by atoms with Crippen molar-refractivity contribution in [2.24, 2.45) is 0 Å². The molecule has 0 radical (unpaired) electrons. The first-order chi connectivity index (χ1) is 12.5. The van der Waals surface area contributed by atoms with Crippen LogP contribution >= 0.6 is 0 Å². The van der Waals surface area contributed by atoms with Crippen LogP contribution in [0.3, 0.4) is 0 Å². The van der Waals surface area contributed by atoms with Gasteiger partial charge in [0, 0.05) is 0 Å². The summed E-state index contributed by atoms with van der Waals surface area (Å²) in [5.41, 5.74) is 0. The topological polar surface area (TPSA) is 120 Å². The van der Waals surface area contributed by atoms with Crippen LogP contribution in [-0.2, 0) is 9.47 Å². The Hall–Kier alpha value is -2.48. The standard InChI is InChI=1S/C19H18O7/c1-2-3-4-5-6-7-8-9-10-11-14(12-20)25-19-18(24)17(23)16(22)15(13-21)26-19/h14-24H,12-13H2,1H3/t14-,15-,16-,17+,18-,19-/m1/s1. The smallest absolute Gasteiger partial charge is 0.188 e. The van der Waals surface area contributed by atoms with Crippen LogP contribution < -0.4 is 0 Å². The molecule has 0 aromatic heterocycles. The molecule has 1 heterocycles. The van der Waals surface area contributed by atoms with Crippen molar-refractivity contribution in [1.82, 2.24) is 0 Å². The minimum absolute atomic E-state index is 0.531. The largest absolute Gasteiger partial charge is 0.394 e. The third-order valence-electron chi connectivity index (χ3n) is 3.11. The van der Waals surface area contributed by atoms with E-state index >= 15 is 0 Å². The van der Waals surface area contributed by atoms with Gasteiger partial charge >= 0.3 is 0 Å². The first-order valence-corrected chi connectivity index (χ1v) is 7.54. The maximum atomic E-state index is 9.86. The molecule has 136 valence electrons. The van der Waals surface area contributed by atoms with Gasteiger partial charge in [0.1, 0.15) is 30.5 Å². The summed E-state index contributed by atoms with van der Waals surface area (Å²) in [7, 11) is 0. The number of rotatable bonds is 4. The highest BCUT2D eigenvalue weighted by molar-refractivity contribution is 5.42. The van der Waals surface area contributed by atoms with Crippen molar-refractivity contribution in [1.29, 1.82) is 0 Å². The summed E-state index contributed by atoms with van der Waals surface area (Å²) in [5.74, 6) is 24.7. The Bertz CT molecular complexity index is 761. The van der Waals surface area contributed by atoms with Crippen LogP contribution in [0.4, 0.5) is 0 Å². The van der Waals surface area contributed by atoms with Crippen LogP contribution in [-0.4, -0.2) is 75.6 Å². The molecule has 0 aliphatic carbocycles. The Morgan fingerprint density at radius 3 is 1.96 bits per heavy atom. The minimum Gasteiger partial charge on any atom is -0.394 e. The summed E-state index contributed by atoms with van der Waals surface area (Å²) in [5, 5.41) is 47.6. The molecule has 0 spiro atoms. The Balaban J connectivity index is 2.68. The number of hydrogen-bond acceptors (Lipinski definition) is 7. The second-order valence-electron chi connectivity index (χ2n) is 4.90.